The molecule has 0 saturated carbocycles. The lowest BCUT2D eigenvalue weighted by molar-refractivity contribution is -0.147. The van der Waals surface area contributed by atoms with Crippen molar-refractivity contribution in [2.24, 2.45) is 0 Å². The van der Waals surface area contributed by atoms with Crippen molar-refractivity contribution in [1.29, 1.82) is 0 Å². The molecule has 0 radical (unpaired) electrons. The number of carboxylic acid groups (broad SMARTS) is 1. The molecule has 0 bridgehead atoms. The van der Waals surface area contributed by atoms with E-state index in [0.717, 1.165) is 31.2 Å². The normalized spacial score (nSPS) is 12.1. The van der Waals surface area contributed by atoms with Gasteiger partial charge in [-0.2, -0.15) is 0 Å². The minimum Gasteiger partial charge on any atom is -0.478 e. The molecule has 3 rings (SSSR count). The zero-order valence-electron chi connectivity index (χ0n) is 17.4. The van der Waals surface area contributed by atoms with Crippen LogP contribution in [0.4, 0.5) is 0 Å². The number of rotatable bonds is 10. The van der Waals surface area contributed by atoms with Crippen LogP contribution in [0.1, 0.15) is 62.4 Å². The van der Waals surface area contributed by atoms with E-state index >= 15 is 0 Å². The number of hydrogen-bond acceptors (Lipinski definition) is 5. The summed E-state index contributed by atoms with van der Waals surface area (Å²) < 4.78 is 7.11. The number of ether oxygens (including phenoxy) is 1. The molecule has 0 spiro atoms. The number of benzene rings is 1. The van der Waals surface area contributed by atoms with Gasteiger partial charge < -0.3 is 14.4 Å². The molecule has 1 unspecified atom stereocenters. The smallest absolute Gasteiger partial charge is 0.336 e. The molecule has 2 aromatic heterocycles. The van der Waals surface area contributed by atoms with Gasteiger partial charge in [-0.3, -0.25) is 0 Å². The molecule has 30 heavy (non-hydrogen) atoms. The number of aromatic nitrogens is 3. The summed E-state index contributed by atoms with van der Waals surface area (Å²) in [6.07, 6.45) is 6.54. The molecule has 0 amide bonds. The van der Waals surface area contributed by atoms with Gasteiger partial charge in [0.05, 0.1) is 29.7 Å². The maximum atomic E-state index is 12.6. The van der Waals surface area contributed by atoms with E-state index in [1.54, 1.807) is 43.6 Å². The SMILES string of the molecule is CCCCCCC(C(=O)OCC)n1cnc2nc(-c3ccccc3C(=O)O)ccc21. The summed E-state index contributed by atoms with van der Waals surface area (Å²) in [6.45, 7) is 4.27. The Morgan fingerprint density at radius 2 is 1.90 bits per heavy atom. The third-order valence-corrected chi connectivity index (χ3v) is 5.10. The second-order valence-corrected chi connectivity index (χ2v) is 7.16. The number of nitrogens with zero attached hydrogens (tertiary/aromatic N) is 3. The van der Waals surface area contributed by atoms with Gasteiger partial charge in [-0.15, -0.1) is 0 Å². The van der Waals surface area contributed by atoms with Crippen molar-refractivity contribution in [2.75, 3.05) is 6.61 Å². The van der Waals surface area contributed by atoms with E-state index < -0.39 is 12.0 Å². The summed E-state index contributed by atoms with van der Waals surface area (Å²) in [5, 5.41) is 9.45. The van der Waals surface area contributed by atoms with Crippen LogP contribution in [0.5, 0.6) is 0 Å². The summed E-state index contributed by atoms with van der Waals surface area (Å²) in [5.74, 6) is -1.28. The first-order valence-corrected chi connectivity index (χ1v) is 10.4. The zero-order chi connectivity index (χ0) is 21.5. The van der Waals surface area contributed by atoms with Crippen LogP contribution in [0.2, 0.25) is 0 Å². The van der Waals surface area contributed by atoms with Gasteiger partial charge in [0, 0.05) is 5.56 Å². The molecule has 158 valence electrons. The van der Waals surface area contributed by atoms with Crippen molar-refractivity contribution in [1.82, 2.24) is 14.5 Å². The number of imidazole rings is 1. The summed E-state index contributed by atoms with van der Waals surface area (Å²) in [5.41, 5.74) is 2.43. The Morgan fingerprint density at radius 1 is 1.10 bits per heavy atom. The summed E-state index contributed by atoms with van der Waals surface area (Å²) in [4.78, 5) is 33.1. The Bertz CT molecular complexity index is 1030. The van der Waals surface area contributed by atoms with Gasteiger partial charge in [0.2, 0.25) is 0 Å². The third kappa shape index (κ3) is 4.67. The van der Waals surface area contributed by atoms with Gasteiger partial charge in [-0.25, -0.2) is 19.6 Å². The van der Waals surface area contributed by atoms with Crippen LogP contribution in [-0.2, 0) is 9.53 Å². The van der Waals surface area contributed by atoms with Crippen molar-refractivity contribution in [3.05, 3.63) is 48.3 Å². The van der Waals surface area contributed by atoms with E-state index in [4.69, 9.17) is 4.74 Å². The monoisotopic (exact) mass is 409 g/mol. The predicted octanol–water partition coefficient (Wildman–Crippen LogP) is 4.87. The zero-order valence-corrected chi connectivity index (χ0v) is 17.4. The number of pyridine rings is 1. The lowest BCUT2D eigenvalue weighted by atomic mass is 10.0. The number of carboxylic acids is 1. The van der Waals surface area contributed by atoms with Crippen molar-refractivity contribution in [3.63, 3.8) is 0 Å². The minimum atomic E-state index is -1.01. The minimum absolute atomic E-state index is 0.184. The molecule has 2 heterocycles. The van der Waals surface area contributed by atoms with Gasteiger partial charge in [-0.1, -0.05) is 50.8 Å². The molecule has 7 nitrogen and oxygen atoms in total. The number of carbonyl (C=O) groups excluding carboxylic acids is 1. The van der Waals surface area contributed by atoms with E-state index in [-0.39, 0.29) is 11.5 Å². The Hall–Kier alpha value is -3.22. The fraction of sp³-hybridized carbons (Fsp3) is 0.391. The molecule has 1 aromatic carbocycles. The van der Waals surface area contributed by atoms with Gasteiger partial charge in [0.1, 0.15) is 6.04 Å². The van der Waals surface area contributed by atoms with Crippen LogP contribution in [0.15, 0.2) is 42.7 Å². The molecule has 1 atom stereocenters. The van der Waals surface area contributed by atoms with Crippen LogP contribution in [-0.4, -0.2) is 38.2 Å². The first-order valence-electron chi connectivity index (χ1n) is 10.4. The Kier molecular flexibility index (Phi) is 7.17. The quantitative estimate of drug-likeness (QED) is 0.379. The van der Waals surface area contributed by atoms with Crippen LogP contribution >= 0.6 is 0 Å². The van der Waals surface area contributed by atoms with Crippen molar-refractivity contribution in [3.8, 4) is 11.3 Å². The first-order chi connectivity index (χ1) is 14.6. The number of unbranched alkanes of at least 4 members (excludes halogenated alkanes) is 3. The molecule has 0 aliphatic carbocycles. The van der Waals surface area contributed by atoms with Crippen LogP contribution in [0.3, 0.4) is 0 Å². The number of fused-ring (bicyclic) bond motifs is 1. The molecule has 0 aliphatic rings. The Balaban J connectivity index is 1.95. The van der Waals surface area contributed by atoms with Crippen molar-refractivity contribution in [2.45, 2.75) is 52.0 Å². The molecule has 0 fully saturated rings. The van der Waals surface area contributed by atoms with Gasteiger partial charge in [0.25, 0.3) is 0 Å². The number of aromatic carboxylic acids is 1. The standard InChI is InChI=1S/C23H27N3O4/c1-3-5-6-7-12-20(23(29)30-4-2)26-15-24-21-19(26)14-13-18(25-21)16-10-8-9-11-17(16)22(27)28/h8-11,13-15,20H,3-7,12H2,1-2H3,(H,27,28). The summed E-state index contributed by atoms with van der Waals surface area (Å²) in [6, 6.07) is 9.88. The van der Waals surface area contributed by atoms with Gasteiger partial charge in [0.15, 0.2) is 5.65 Å². The fourth-order valence-corrected chi connectivity index (χ4v) is 3.58. The first kappa shape index (κ1) is 21.5. The van der Waals surface area contributed by atoms with Crippen molar-refractivity contribution < 1.29 is 19.4 Å². The highest BCUT2D eigenvalue weighted by atomic mass is 16.5. The van der Waals surface area contributed by atoms with E-state index in [0.29, 0.717) is 29.9 Å². The average molecular weight is 409 g/mol. The Morgan fingerprint density at radius 3 is 2.63 bits per heavy atom. The molecular formula is C23H27N3O4. The highest BCUT2D eigenvalue weighted by molar-refractivity contribution is 5.96. The lowest BCUT2D eigenvalue weighted by Gasteiger charge is -2.18. The van der Waals surface area contributed by atoms with Crippen LogP contribution in [0, 0.1) is 0 Å². The van der Waals surface area contributed by atoms with E-state index in [2.05, 4.69) is 16.9 Å². The van der Waals surface area contributed by atoms with Gasteiger partial charge in [-0.05, 0) is 31.5 Å². The molecule has 1 N–H and O–H groups in total. The molecule has 3 aromatic rings. The number of esters is 1. The average Bonchev–Trinajstić information content (AvgIpc) is 3.16. The third-order valence-electron chi connectivity index (χ3n) is 5.10. The fourth-order valence-electron chi connectivity index (χ4n) is 3.58. The topological polar surface area (TPSA) is 94.3 Å². The van der Waals surface area contributed by atoms with Gasteiger partial charge >= 0.3 is 11.9 Å². The predicted molar refractivity (Wildman–Crippen MR) is 114 cm³/mol. The Labute approximate surface area is 175 Å². The summed E-state index contributed by atoms with van der Waals surface area (Å²) >= 11 is 0. The van der Waals surface area contributed by atoms with Crippen LogP contribution in [0.25, 0.3) is 22.4 Å². The van der Waals surface area contributed by atoms with Crippen molar-refractivity contribution >= 4 is 23.1 Å². The number of hydrogen-bond donors (Lipinski definition) is 1. The van der Waals surface area contributed by atoms with Crippen LogP contribution < -0.4 is 0 Å². The maximum Gasteiger partial charge on any atom is 0.336 e. The lowest BCUT2D eigenvalue weighted by Crippen LogP contribution is -2.21. The highest BCUT2D eigenvalue weighted by Crippen LogP contribution is 2.27. The second-order valence-electron chi connectivity index (χ2n) is 7.16. The molecular weight excluding hydrogens is 382 g/mol. The summed E-state index contributed by atoms with van der Waals surface area (Å²) in [7, 11) is 0. The number of carbonyl (C=O) groups is 2. The maximum absolute atomic E-state index is 12.6. The highest BCUT2D eigenvalue weighted by Gasteiger charge is 2.24. The van der Waals surface area contributed by atoms with E-state index in [9.17, 15) is 14.7 Å². The molecule has 7 heteroatoms. The van der Waals surface area contributed by atoms with E-state index in [1.165, 1.54) is 0 Å². The molecule has 0 saturated heterocycles. The second kappa shape index (κ2) is 10.0. The molecule has 0 aliphatic heterocycles. The largest absolute Gasteiger partial charge is 0.478 e. The van der Waals surface area contributed by atoms with E-state index in [1.807, 2.05) is 10.6 Å².